The molecule has 0 saturated heterocycles. The highest BCUT2D eigenvalue weighted by molar-refractivity contribution is 7.92. The van der Waals surface area contributed by atoms with Gasteiger partial charge in [-0.2, -0.15) is 0 Å². The molecule has 0 aliphatic carbocycles. The summed E-state index contributed by atoms with van der Waals surface area (Å²) in [5, 5.41) is 3.65. The van der Waals surface area contributed by atoms with E-state index in [0.717, 1.165) is 5.39 Å². The van der Waals surface area contributed by atoms with E-state index >= 15 is 0 Å². The second-order valence-corrected chi connectivity index (χ2v) is 8.80. The van der Waals surface area contributed by atoms with Crippen molar-refractivity contribution in [3.05, 3.63) is 88.6 Å². The third-order valence-corrected chi connectivity index (χ3v) is 6.42. The summed E-state index contributed by atoms with van der Waals surface area (Å²) in [7, 11) is -4.05. The summed E-state index contributed by atoms with van der Waals surface area (Å²) in [5.74, 6) is -0.416. The summed E-state index contributed by atoms with van der Waals surface area (Å²) in [5.41, 5.74) is 1.03. The molecular weight excluding hydrogens is 447 g/mol. The Hall–Kier alpha value is -3.00. The number of rotatable bonds is 5. The zero-order valence-electron chi connectivity index (χ0n) is 15.2. The molecule has 0 spiro atoms. The third-order valence-electron chi connectivity index (χ3n) is 4.25. The van der Waals surface area contributed by atoms with Gasteiger partial charge in [-0.1, -0.05) is 53.5 Å². The van der Waals surface area contributed by atoms with Gasteiger partial charge in [-0.3, -0.25) is 9.52 Å². The number of anilines is 2. The molecule has 152 valence electrons. The van der Waals surface area contributed by atoms with Crippen LogP contribution in [0.5, 0.6) is 0 Å². The minimum absolute atomic E-state index is 0.00344. The van der Waals surface area contributed by atoms with Crippen LogP contribution in [-0.2, 0) is 10.0 Å². The molecule has 0 radical (unpaired) electrons. The molecule has 0 unspecified atom stereocenters. The number of amides is 1. The Morgan fingerprint density at radius 3 is 2.37 bits per heavy atom. The maximum atomic E-state index is 12.8. The largest absolute Gasteiger partial charge is 0.451 e. The average Bonchev–Trinajstić information content (AvgIpc) is 3.15. The van der Waals surface area contributed by atoms with Gasteiger partial charge in [0, 0.05) is 11.1 Å². The van der Waals surface area contributed by atoms with Crippen LogP contribution in [0.1, 0.15) is 10.6 Å². The second-order valence-electron chi connectivity index (χ2n) is 6.33. The molecule has 1 amide bonds. The lowest BCUT2D eigenvalue weighted by Gasteiger charge is -2.12. The molecule has 4 aromatic rings. The quantitative estimate of drug-likeness (QED) is 0.394. The lowest BCUT2D eigenvalue weighted by Crippen LogP contribution is -2.15. The van der Waals surface area contributed by atoms with Crippen molar-refractivity contribution in [3.63, 3.8) is 0 Å². The van der Waals surface area contributed by atoms with E-state index in [2.05, 4.69) is 10.0 Å². The Balaban J connectivity index is 1.61. The number of furan rings is 1. The molecule has 30 heavy (non-hydrogen) atoms. The fraction of sp³-hybridized carbons (Fsp3) is 0. The number of carbonyl (C=O) groups excluding carboxylic acids is 1. The van der Waals surface area contributed by atoms with E-state index < -0.39 is 15.9 Å². The molecule has 0 bridgehead atoms. The van der Waals surface area contributed by atoms with Crippen LogP contribution in [0.2, 0.25) is 10.0 Å². The number of nitrogens with one attached hydrogen (secondary N) is 2. The SMILES string of the molecule is O=C(Nc1ccc(Cl)c(S(=O)(=O)Nc2ccccc2Cl)c1)c1cc2ccccc2o1. The standard InChI is InChI=1S/C21H14Cl2N2O4S/c22-15-6-2-3-7-17(15)25-30(27,28)20-12-14(9-10-16(20)23)24-21(26)19-11-13-5-1-4-8-18(13)29-19/h1-12,25H,(H,24,26). The predicted molar refractivity (Wildman–Crippen MR) is 118 cm³/mol. The Morgan fingerprint density at radius 1 is 0.867 bits per heavy atom. The first-order valence-corrected chi connectivity index (χ1v) is 10.9. The number of sulfonamides is 1. The first-order valence-electron chi connectivity index (χ1n) is 8.70. The van der Waals surface area contributed by atoms with Crippen molar-refractivity contribution < 1.29 is 17.6 Å². The molecule has 3 aromatic carbocycles. The Morgan fingerprint density at radius 2 is 1.60 bits per heavy atom. The van der Waals surface area contributed by atoms with Crippen molar-refractivity contribution >= 4 is 61.5 Å². The first-order chi connectivity index (χ1) is 14.3. The van der Waals surface area contributed by atoms with Crippen molar-refractivity contribution in [2.75, 3.05) is 10.0 Å². The van der Waals surface area contributed by atoms with Crippen molar-refractivity contribution in [1.29, 1.82) is 0 Å². The third kappa shape index (κ3) is 4.14. The number of benzene rings is 3. The summed E-state index contributed by atoms with van der Waals surface area (Å²) in [6.07, 6.45) is 0. The van der Waals surface area contributed by atoms with Gasteiger partial charge >= 0.3 is 0 Å². The highest BCUT2D eigenvalue weighted by atomic mass is 35.5. The van der Waals surface area contributed by atoms with Gasteiger partial charge in [0.05, 0.1) is 15.7 Å². The van der Waals surface area contributed by atoms with Crippen LogP contribution in [0.15, 0.2) is 82.1 Å². The second kappa shape index (κ2) is 8.02. The van der Waals surface area contributed by atoms with Gasteiger partial charge < -0.3 is 9.73 Å². The number of halogens is 2. The van der Waals surface area contributed by atoms with E-state index in [1.165, 1.54) is 24.3 Å². The van der Waals surface area contributed by atoms with Gasteiger partial charge in [0.2, 0.25) is 0 Å². The zero-order chi connectivity index (χ0) is 21.3. The zero-order valence-corrected chi connectivity index (χ0v) is 17.6. The molecule has 0 aliphatic heterocycles. The molecule has 1 heterocycles. The monoisotopic (exact) mass is 460 g/mol. The summed E-state index contributed by atoms with van der Waals surface area (Å²) < 4.78 is 33.6. The highest BCUT2D eigenvalue weighted by Gasteiger charge is 2.21. The van der Waals surface area contributed by atoms with Crippen LogP contribution in [-0.4, -0.2) is 14.3 Å². The van der Waals surface area contributed by atoms with E-state index in [9.17, 15) is 13.2 Å². The predicted octanol–water partition coefficient (Wildman–Crippen LogP) is 5.79. The van der Waals surface area contributed by atoms with Crippen LogP contribution in [0.25, 0.3) is 11.0 Å². The Bertz CT molecular complexity index is 1330. The summed E-state index contributed by atoms with van der Waals surface area (Å²) >= 11 is 12.1. The normalized spacial score (nSPS) is 11.4. The fourth-order valence-electron chi connectivity index (χ4n) is 2.82. The van der Waals surface area contributed by atoms with Crippen LogP contribution in [0.3, 0.4) is 0 Å². The smallest absolute Gasteiger partial charge is 0.291 e. The molecule has 0 fully saturated rings. The van der Waals surface area contributed by atoms with Crippen molar-refractivity contribution in [3.8, 4) is 0 Å². The summed E-state index contributed by atoms with van der Waals surface area (Å²) in [4.78, 5) is 12.3. The minimum atomic E-state index is -4.05. The van der Waals surface area contributed by atoms with Crippen LogP contribution in [0.4, 0.5) is 11.4 Å². The number of carbonyl (C=O) groups is 1. The van der Waals surface area contributed by atoms with Crippen molar-refractivity contribution in [1.82, 2.24) is 0 Å². The van der Waals surface area contributed by atoms with Gasteiger partial charge in [0.15, 0.2) is 5.76 Å². The Labute approximate surface area is 182 Å². The number of hydrogen-bond acceptors (Lipinski definition) is 4. The summed E-state index contributed by atoms with van der Waals surface area (Å²) in [6.45, 7) is 0. The molecule has 9 heteroatoms. The summed E-state index contributed by atoms with van der Waals surface area (Å²) in [6, 6.07) is 19.4. The van der Waals surface area contributed by atoms with Gasteiger partial charge in [-0.25, -0.2) is 8.42 Å². The van der Waals surface area contributed by atoms with E-state index in [4.69, 9.17) is 27.6 Å². The van der Waals surface area contributed by atoms with E-state index in [0.29, 0.717) is 5.58 Å². The molecule has 1 aromatic heterocycles. The van der Waals surface area contributed by atoms with E-state index in [1.54, 1.807) is 36.4 Å². The maximum Gasteiger partial charge on any atom is 0.291 e. The van der Waals surface area contributed by atoms with Crippen LogP contribution >= 0.6 is 23.2 Å². The number of fused-ring (bicyclic) bond motifs is 1. The topological polar surface area (TPSA) is 88.4 Å². The number of para-hydroxylation sites is 2. The van der Waals surface area contributed by atoms with Crippen LogP contribution < -0.4 is 10.0 Å². The van der Waals surface area contributed by atoms with Crippen LogP contribution in [0, 0.1) is 0 Å². The maximum absolute atomic E-state index is 12.8. The van der Waals surface area contributed by atoms with E-state index in [-0.39, 0.29) is 32.1 Å². The van der Waals surface area contributed by atoms with Crippen molar-refractivity contribution in [2.45, 2.75) is 4.90 Å². The molecular formula is C21H14Cl2N2O4S. The van der Waals surface area contributed by atoms with Crippen molar-refractivity contribution in [2.24, 2.45) is 0 Å². The Kier molecular flexibility index (Phi) is 5.42. The minimum Gasteiger partial charge on any atom is -0.451 e. The molecule has 0 atom stereocenters. The lowest BCUT2D eigenvalue weighted by atomic mass is 10.2. The highest BCUT2D eigenvalue weighted by Crippen LogP contribution is 2.30. The molecule has 0 saturated carbocycles. The van der Waals surface area contributed by atoms with Gasteiger partial charge in [0.1, 0.15) is 10.5 Å². The van der Waals surface area contributed by atoms with Gasteiger partial charge in [0.25, 0.3) is 15.9 Å². The molecule has 2 N–H and O–H groups in total. The fourth-order valence-corrected chi connectivity index (χ4v) is 4.66. The first kappa shape index (κ1) is 20.3. The molecule has 4 rings (SSSR count). The number of hydrogen-bond donors (Lipinski definition) is 2. The van der Waals surface area contributed by atoms with Gasteiger partial charge in [-0.05, 0) is 42.5 Å². The lowest BCUT2D eigenvalue weighted by molar-refractivity contribution is 0.0998. The molecule has 6 nitrogen and oxygen atoms in total. The average molecular weight is 461 g/mol. The van der Waals surface area contributed by atoms with E-state index in [1.807, 2.05) is 12.1 Å². The molecule has 0 aliphatic rings. The van der Waals surface area contributed by atoms with Gasteiger partial charge in [-0.15, -0.1) is 0 Å².